The van der Waals surface area contributed by atoms with Crippen molar-refractivity contribution in [3.05, 3.63) is 30.0 Å². The minimum absolute atomic E-state index is 0.109. The molecule has 1 aromatic heterocycles. The first-order valence-electron chi connectivity index (χ1n) is 8.06. The van der Waals surface area contributed by atoms with E-state index < -0.39 is 10.0 Å². The Morgan fingerprint density at radius 2 is 2.13 bits per heavy atom. The van der Waals surface area contributed by atoms with Gasteiger partial charge in [-0.3, -0.25) is 0 Å². The Morgan fingerprint density at radius 1 is 1.26 bits per heavy atom. The number of hydrogen-bond acceptors (Lipinski definition) is 5. The van der Waals surface area contributed by atoms with Crippen LogP contribution >= 0.6 is 0 Å². The average molecular weight is 336 g/mol. The standard InChI is InChI=1S/C16H20N2O4S/c19-23(20,11-14-13-5-1-2-6-16(13)22-17-14)18-8-7-15-12(10-18)4-3-9-21-15/h1-2,5-6,12,15H,3-4,7-11H2/t12-,15-/m1/s1. The van der Waals surface area contributed by atoms with E-state index >= 15 is 0 Å². The second kappa shape index (κ2) is 5.89. The number of hydrogen-bond donors (Lipinski definition) is 0. The third-order valence-corrected chi connectivity index (χ3v) is 6.60. The summed E-state index contributed by atoms with van der Waals surface area (Å²) in [6, 6.07) is 7.35. The quantitative estimate of drug-likeness (QED) is 0.859. The van der Waals surface area contributed by atoms with Crippen LogP contribution in [0.25, 0.3) is 11.0 Å². The molecular formula is C16H20N2O4S. The van der Waals surface area contributed by atoms with Crippen LogP contribution in [-0.4, -0.2) is 43.7 Å². The van der Waals surface area contributed by atoms with Crippen LogP contribution in [0.5, 0.6) is 0 Å². The molecule has 0 saturated carbocycles. The van der Waals surface area contributed by atoms with Crippen LogP contribution in [0.2, 0.25) is 0 Å². The molecule has 0 bridgehead atoms. The Kier molecular flexibility index (Phi) is 3.87. The molecule has 0 N–H and O–H groups in total. The van der Waals surface area contributed by atoms with Crippen molar-refractivity contribution in [3.63, 3.8) is 0 Å². The van der Waals surface area contributed by atoms with Gasteiger partial charge in [-0.2, -0.15) is 0 Å². The number of aromatic nitrogens is 1. The van der Waals surface area contributed by atoms with Gasteiger partial charge in [-0.1, -0.05) is 17.3 Å². The van der Waals surface area contributed by atoms with E-state index in [1.54, 1.807) is 10.4 Å². The molecule has 0 spiro atoms. The molecule has 2 fully saturated rings. The zero-order valence-electron chi connectivity index (χ0n) is 12.8. The second-order valence-corrected chi connectivity index (χ2v) is 8.31. The summed E-state index contributed by atoms with van der Waals surface area (Å²) in [6.07, 6.45) is 3.07. The highest BCUT2D eigenvalue weighted by Crippen LogP contribution is 2.30. The van der Waals surface area contributed by atoms with E-state index in [0.29, 0.717) is 30.3 Å². The Balaban J connectivity index is 1.53. The van der Waals surface area contributed by atoms with Crippen molar-refractivity contribution in [1.82, 2.24) is 9.46 Å². The van der Waals surface area contributed by atoms with E-state index in [4.69, 9.17) is 9.26 Å². The lowest BCUT2D eigenvalue weighted by Crippen LogP contribution is -2.48. The van der Waals surface area contributed by atoms with Gasteiger partial charge in [0.15, 0.2) is 5.58 Å². The fourth-order valence-electron chi connectivity index (χ4n) is 3.61. The molecule has 1 aromatic carbocycles. The summed E-state index contributed by atoms with van der Waals surface area (Å²) in [5.41, 5.74) is 1.11. The highest BCUT2D eigenvalue weighted by atomic mass is 32.2. The van der Waals surface area contributed by atoms with Crippen LogP contribution < -0.4 is 0 Å². The Labute approximate surface area is 135 Å². The van der Waals surface area contributed by atoms with Crippen LogP contribution in [0.4, 0.5) is 0 Å². The predicted octanol–water partition coefficient (Wildman–Crippen LogP) is 2.16. The number of nitrogens with zero attached hydrogens (tertiary/aromatic N) is 2. The van der Waals surface area contributed by atoms with Crippen LogP contribution in [0, 0.1) is 5.92 Å². The number of para-hydroxylation sites is 1. The summed E-state index contributed by atoms with van der Waals surface area (Å²) in [4.78, 5) is 0. The molecule has 0 radical (unpaired) electrons. The van der Waals surface area contributed by atoms with Crippen molar-refractivity contribution < 1.29 is 17.7 Å². The van der Waals surface area contributed by atoms with Crippen molar-refractivity contribution >= 4 is 21.0 Å². The molecule has 124 valence electrons. The van der Waals surface area contributed by atoms with Crippen molar-refractivity contribution in [2.45, 2.75) is 31.1 Å². The SMILES string of the molecule is O=S(=O)(Cc1noc2ccccc12)N1CC[C@H]2OCCC[C@@H]2C1. The smallest absolute Gasteiger partial charge is 0.220 e. The molecule has 7 heteroatoms. The van der Waals surface area contributed by atoms with Crippen molar-refractivity contribution in [3.8, 4) is 0 Å². The molecule has 0 aliphatic carbocycles. The third-order valence-electron chi connectivity index (χ3n) is 4.84. The van der Waals surface area contributed by atoms with Crippen LogP contribution in [0.1, 0.15) is 25.0 Å². The first-order chi connectivity index (χ1) is 11.1. The van der Waals surface area contributed by atoms with Crippen molar-refractivity contribution in [2.75, 3.05) is 19.7 Å². The molecule has 2 saturated heterocycles. The highest BCUT2D eigenvalue weighted by molar-refractivity contribution is 7.88. The topological polar surface area (TPSA) is 72.6 Å². The average Bonchev–Trinajstić information content (AvgIpc) is 2.97. The summed E-state index contributed by atoms with van der Waals surface area (Å²) in [5, 5.41) is 4.72. The molecule has 0 unspecified atom stereocenters. The fourth-order valence-corrected chi connectivity index (χ4v) is 5.15. The molecule has 6 nitrogen and oxygen atoms in total. The van der Waals surface area contributed by atoms with Crippen LogP contribution in [0.3, 0.4) is 0 Å². The Morgan fingerprint density at radius 3 is 3.04 bits per heavy atom. The fraction of sp³-hybridized carbons (Fsp3) is 0.562. The molecule has 23 heavy (non-hydrogen) atoms. The summed E-state index contributed by atoms with van der Waals surface area (Å²) >= 11 is 0. The minimum atomic E-state index is -3.39. The normalized spacial score (nSPS) is 26.3. The first-order valence-corrected chi connectivity index (χ1v) is 9.67. The molecule has 2 aliphatic heterocycles. The molecular weight excluding hydrogens is 316 g/mol. The third kappa shape index (κ3) is 2.88. The van der Waals surface area contributed by atoms with E-state index in [-0.39, 0.29) is 11.9 Å². The van der Waals surface area contributed by atoms with E-state index in [9.17, 15) is 8.42 Å². The van der Waals surface area contributed by atoms with E-state index in [2.05, 4.69) is 5.16 Å². The lowest BCUT2D eigenvalue weighted by atomic mass is 9.90. The van der Waals surface area contributed by atoms with Gasteiger partial charge in [0.25, 0.3) is 0 Å². The van der Waals surface area contributed by atoms with E-state index in [0.717, 1.165) is 31.3 Å². The monoisotopic (exact) mass is 336 g/mol. The van der Waals surface area contributed by atoms with Gasteiger partial charge in [0.2, 0.25) is 10.0 Å². The van der Waals surface area contributed by atoms with Gasteiger partial charge in [0.1, 0.15) is 11.4 Å². The molecule has 2 aliphatic rings. The molecule has 2 aromatic rings. The zero-order chi connectivity index (χ0) is 15.9. The molecule has 0 amide bonds. The predicted molar refractivity (Wildman–Crippen MR) is 85.3 cm³/mol. The Hall–Kier alpha value is -1.44. The Bertz CT molecular complexity index is 801. The van der Waals surface area contributed by atoms with Crippen molar-refractivity contribution in [1.29, 1.82) is 0 Å². The summed E-state index contributed by atoms with van der Waals surface area (Å²) in [6.45, 7) is 1.89. The number of rotatable bonds is 3. The number of benzene rings is 1. The lowest BCUT2D eigenvalue weighted by Gasteiger charge is -2.40. The summed E-state index contributed by atoms with van der Waals surface area (Å²) in [7, 11) is -3.39. The zero-order valence-corrected chi connectivity index (χ0v) is 13.7. The molecule has 4 rings (SSSR count). The van der Waals surface area contributed by atoms with Gasteiger partial charge in [0, 0.05) is 25.1 Å². The molecule has 3 heterocycles. The van der Waals surface area contributed by atoms with Gasteiger partial charge < -0.3 is 9.26 Å². The number of sulfonamides is 1. The lowest BCUT2D eigenvalue weighted by molar-refractivity contribution is -0.0534. The largest absolute Gasteiger partial charge is 0.378 e. The van der Waals surface area contributed by atoms with E-state index in [1.165, 1.54) is 0 Å². The van der Waals surface area contributed by atoms with Gasteiger partial charge >= 0.3 is 0 Å². The highest BCUT2D eigenvalue weighted by Gasteiger charge is 2.37. The number of piperidine rings is 1. The summed E-state index contributed by atoms with van der Waals surface area (Å²) < 4.78 is 38.1. The van der Waals surface area contributed by atoms with Gasteiger partial charge in [-0.15, -0.1) is 0 Å². The van der Waals surface area contributed by atoms with Crippen LogP contribution in [0.15, 0.2) is 28.8 Å². The van der Waals surface area contributed by atoms with Crippen LogP contribution in [-0.2, 0) is 20.5 Å². The minimum Gasteiger partial charge on any atom is -0.378 e. The maximum absolute atomic E-state index is 12.8. The van der Waals surface area contributed by atoms with Crippen molar-refractivity contribution in [2.24, 2.45) is 5.92 Å². The maximum Gasteiger partial charge on any atom is 0.220 e. The summed E-state index contributed by atoms with van der Waals surface area (Å²) in [5.74, 6) is 0.212. The van der Waals surface area contributed by atoms with Gasteiger partial charge in [-0.05, 0) is 37.3 Å². The second-order valence-electron chi connectivity index (χ2n) is 6.34. The van der Waals surface area contributed by atoms with E-state index in [1.807, 2.05) is 18.2 Å². The number of fused-ring (bicyclic) bond motifs is 2. The van der Waals surface area contributed by atoms with Gasteiger partial charge in [0.05, 0.1) is 6.10 Å². The molecule has 2 atom stereocenters. The maximum atomic E-state index is 12.8. The number of ether oxygens (including phenoxy) is 1. The van der Waals surface area contributed by atoms with Gasteiger partial charge in [-0.25, -0.2) is 12.7 Å². The first kappa shape index (κ1) is 15.1.